The summed E-state index contributed by atoms with van der Waals surface area (Å²) in [5.74, 6) is 5.35. The Bertz CT molecular complexity index is 497. The number of nitrogens with two attached hydrogens (primary N) is 1. The molecule has 0 aliphatic rings. The van der Waals surface area contributed by atoms with Crippen LogP contribution >= 0.6 is 11.3 Å². The van der Waals surface area contributed by atoms with Gasteiger partial charge in [0, 0.05) is 11.6 Å². The fourth-order valence-electron chi connectivity index (χ4n) is 1.99. The predicted molar refractivity (Wildman–Crippen MR) is 73.8 cm³/mol. The zero-order chi connectivity index (χ0) is 13.0. The van der Waals surface area contributed by atoms with Crippen LogP contribution in [0.15, 0.2) is 35.0 Å². The molecule has 1 unspecified atom stereocenters. The fourth-order valence-corrected chi connectivity index (χ4v) is 2.69. The van der Waals surface area contributed by atoms with Gasteiger partial charge in [-0.3, -0.25) is 11.3 Å². The van der Waals surface area contributed by atoms with Gasteiger partial charge < -0.3 is 0 Å². The monoisotopic (exact) mass is 264 g/mol. The smallest absolute Gasteiger partial charge is 0.128 e. The molecule has 3 N–H and O–H groups in total. The number of hydrazine groups is 1. The summed E-state index contributed by atoms with van der Waals surface area (Å²) in [6, 6.07) is 7.20. The minimum Gasteiger partial charge on any atom is -0.271 e. The van der Waals surface area contributed by atoms with E-state index < -0.39 is 0 Å². The normalized spacial score (nSPS) is 12.6. The van der Waals surface area contributed by atoms with Crippen molar-refractivity contribution in [2.45, 2.75) is 25.8 Å². The fraction of sp³-hybridized carbons (Fsp3) is 0.286. The van der Waals surface area contributed by atoms with Gasteiger partial charge in [0.15, 0.2) is 0 Å². The van der Waals surface area contributed by atoms with Gasteiger partial charge in [-0.2, -0.15) is 11.3 Å². The van der Waals surface area contributed by atoms with E-state index in [1.165, 1.54) is 5.56 Å². The van der Waals surface area contributed by atoms with Gasteiger partial charge in [-0.15, -0.1) is 0 Å². The Morgan fingerprint density at radius 1 is 1.39 bits per heavy atom. The van der Waals surface area contributed by atoms with E-state index in [9.17, 15) is 4.39 Å². The van der Waals surface area contributed by atoms with Gasteiger partial charge in [0.1, 0.15) is 5.82 Å². The summed E-state index contributed by atoms with van der Waals surface area (Å²) in [5, 5.41) is 4.16. The van der Waals surface area contributed by atoms with E-state index >= 15 is 0 Å². The van der Waals surface area contributed by atoms with Crippen LogP contribution in [-0.2, 0) is 6.42 Å². The zero-order valence-electron chi connectivity index (χ0n) is 10.3. The van der Waals surface area contributed by atoms with Crippen LogP contribution < -0.4 is 11.3 Å². The van der Waals surface area contributed by atoms with Crippen molar-refractivity contribution in [1.29, 1.82) is 0 Å². The molecule has 1 aromatic carbocycles. The number of thiophene rings is 1. The number of benzene rings is 1. The molecule has 0 aliphatic carbocycles. The van der Waals surface area contributed by atoms with Crippen LogP contribution in [0.5, 0.6) is 0 Å². The molecule has 2 nitrogen and oxygen atoms in total. The molecule has 18 heavy (non-hydrogen) atoms. The number of nitrogens with one attached hydrogen (secondary N) is 1. The standard InChI is InChI=1S/C14H17FN2S/c1-10-2-4-12(13(15)8-10)14(17-16)5-3-11-6-7-18-9-11/h2,4,6-9,14,17H,3,5,16H2,1H3. The quantitative estimate of drug-likeness (QED) is 0.642. The van der Waals surface area contributed by atoms with Crippen LogP contribution in [0, 0.1) is 12.7 Å². The first-order chi connectivity index (χ1) is 8.70. The van der Waals surface area contributed by atoms with Crippen LogP contribution in [0.1, 0.15) is 29.2 Å². The van der Waals surface area contributed by atoms with Crippen LogP contribution in [0.25, 0.3) is 0 Å². The van der Waals surface area contributed by atoms with E-state index in [1.807, 2.05) is 24.4 Å². The minimum absolute atomic E-state index is 0.148. The molecule has 0 bridgehead atoms. The average molecular weight is 264 g/mol. The maximum atomic E-state index is 13.9. The summed E-state index contributed by atoms with van der Waals surface area (Å²) < 4.78 is 13.9. The zero-order valence-corrected chi connectivity index (χ0v) is 11.1. The summed E-state index contributed by atoms with van der Waals surface area (Å²) in [4.78, 5) is 0. The van der Waals surface area contributed by atoms with Gasteiger partial charge in [-0.1, -0.05) is 12.1 Å². The third-order valence-corrected chi connectivity index (χ3v) is 3.77. The topological polar surface area (TPSA) is 38.0 Å². The number of rotatable bonds is 5. The lowest BCUT2D eigenvalue weighted by Gasteiger charge is -2.17. The van der Waals surface area contributed by atoms with Gasteiger partial charge in [0.2, 0.25) is 0 Å². The van der Waals surface area contributed by atoms with E-state index in [-0.39, 0.29) is 11.9 Å². The Kier molecular flexibility index (Phi) is 4.47. The summed E-state index contributed by atoms with van der Waals surface area (Å²) in [5.41, 5.74) is 5.53. The highest BCUT2D eigenvalue weighted by molar-refractivity contribution is 7.07. The summed E-state index contributed by atoms with van der Waals surface area (Å²) in [6.07, 6.45) is 1.68. The molecule has 1 heterocycles. The second kappa shape index (κ2) is 6.09. The van der Waals surface area contributed by atoms with Crippen molar-refractivity contribution in [2.75, 3.05) is 0 Å². The molecular formula is C14H17FN2S. The maximum Gasteiger partial charge on any atom is 0.128 e. The lowest BCUT2D eigenvalue weighted by Crippen LogP contribution is -2.29. The molecule has 1 aromatic heterocycles. The molecule has 0 aliphatic heterocycles. The first-order valence-corrected chi connectivity index (χ1v) is 6.88. The lowest BCUT2D eigenvalue weighted by atomic mass is 9.99. The Hall–Kier alpha value is -1.23. The van der Waals surface area contributed by atoms with Crippen molar-refractivity contribution in [1.82, 2.24) is 5.43 Å². The van der Waals surface area contributed by atoms with Crippen LogP contribution in [0.3, 0.4) is 0 Å². The maximum absolute atomic E-state index is 13.9. The van der Waals surface area contributed by atoms with Gasteiger partial charge >= 0.3 is 0 Å². The molecule has 1 atom stereocenters. The van der Waals surface area contributed by atoms with E-state index in [2.05, 4.69) is 16.9 Å². The highest BCUT2D eigenvalue weighted by atomic mass is 32.1. The summed E-state index contributed by atoms with van der Waals surface area (Å²) >= 11 is 1.67. The highest BCUT2D eigenvalue weighted by Gasteiger charge is 2.14. The molecule has 0 fully saturated rings. The van der Waals surface area contributed by atoms with Crippen molar-refractivity contribution in [3.8, 4) is 0 Å². The van der Waals surface area contributed by atoms with E-state index in [0.717, 1.165) is 18.4 Å². The molecule has 0 saturated carbocycles. The van der Waals surface area contributed by atoms with Crippen molar-refractivity contribution < 1.29 is 4.39 Å². The van der Waals surface area contributed by atoms with E-state index in [1.54, 1.807) is 17.4 Å². The molecular weight excluding hydrogens is 247 g/mol. The number of hydrogen-bond donors (Lipinski definition) is 2. The highest BCUT2D eigenvalue weighted by Crippen LogP contribution is 2.22. The SMILES string of the molecule is Cc1ccc(C(CCc2ccsc2)NN)c(F)c1. The first kappa shape index (κ1) is 13.2. The van der Waals surface area contributed by atoms with Crippen molar-refractivity contribution in [3.63, 3.8) is 0 Å². The number of halogens is 1. The molecule has 4 heteroatoms. The van der Waals surface area contributed by atoms with E-state index in [4.69, 9.17) is 5.84 Å². The molecule has 0 radical (unpaired) electrons. The first-order valence-electron chi connectivity index (χ1n) is 5.94. The summed E-state index contributed by atoms with van der Waals surface area (Å²) in [6.45, 7) is 1.88. The molecule has 0 amide bonds. The number of hydrogen-bond acceptors (Lipinski definition) is 3. The summed E-state index contributed by atoms with van der Waals surface area (Å²) in [7, 11) is 0. The van der Waals surface area contributed by atoms with Crippen LogP contribution in [-0.4, -0.2) is 0 Å². The molecule has 2 aromatic rings. The van der Waals surface area contributed by atoms with Gasteiger partial charge in [-0.05, 0) is 53.8 Å². The third-order valence-electron chi connectivity index (χ3n) is 3.03. The second-order valence-electron chi connectivity index (χ2n) is 4.41. The lowest BCUT2D eigenvalue weighted by molar-refractivity contribution is 0.485. The van der Waals surface area contributed by atoms with Crippen LogP contribution in [0.4, 0.5) is 4.39 Å². The van der Waals surface area contributed by atoms with Crippen molar-refractivity contribution in [3.05, 3.63) is 57.5 Å². The number of aryl methyl sites for hydroxylation is 2. The molecule has 96 valence electrons. The second-order valence-corrected chi connectivity index (χ2v) is 5.19. The third kappa shape index (κ3) is 3.16. The largest absolute Gasteiger partial charge is 0.271 e. The minimum atomic E-state index is -0.191. The molecule has 2 rings (SSSR count). The van der Waals surface area contributed by atoms with Crippen molar-refractivity contribution >= 4 is 11.3 Å². The van der Waals surface area contributed by atoms with Gasteiger partial charge in [-0.25, -0.2) is 4.39 Å². The van der Waals surface area contributed by atoms with E-state index in [0.29, 0.717) is 5.56 Å². The van der Waals surface area contributed by atoms with Crippen molar-refractivity contribution in [2.24, 2.45) is 5.84 Å². The Labute approximate surface area is 111 Å². The Morgan fingerprint density at radius 2 is 2.22 bits per heavy atom. The average Bonchev–Trinajstić information content (AvgIpc) is 2.85. The Morgan fingerprint density at radius 3 is 2.83 bits per heavy atom. The van der Waals surface area contributed by atoms with Crippen LogP contribution in [0.2, 0.25) is 0 Å². The van der Waals surface area contributed by atoms with Gasteiger partial charge in [0.25, 0.3) is 0 Å². The predicted octanol–water partition coefficient (Wildman–Crippen LogP) is 3.33. The Balaban J connectivity index is 2.08. The molecule has 0 saturated heterocycles. The van der Waals surface area contributed by atoms with Gasteiger partial charge in [0.05, 0.1) is 0 Å². The molecule has 0 spiro atoms.